The molecule has 1 rings (SSSR count). The topological polar surface area (TPSA) is 37.4 Å². The molecular weight excluding hydrogens is 284 g/mol. The number of ketones is 2. The number of carbonyl (C=O) groups excluding carboxylic acids is 2. The normalized spacial score (nSPS) is 17.0. The van der Waals surface area contributed by atoms with Crippen LogP contribution in [-0.2, 0) is 9.59 Å². The average molecular weight is 297 g/mol. The molecule has 0 radical (unpaired) electrons. The van der Waals surface area contributed by atoms with Crippen molar-refractivity contribution in [3.05, 3.63) is 20.8 Å². The fraction of sp³-hybridized carbons (Fsp3) is 0.455. The van der Waals surface area contributed by atoms with Crippen LogP contribution in [0.15, 0.2) is 20.8 Å². The molecular formula is C11H12Cl3NO2. The van der Waals surface area contributed by atoms with Crippen LogP contribution in [0.4, 0.5) is 0 Å². The van der Waals surface area contributed by atoms with E-state index in [1.165, 1.54) is 0 Å². The number of halogens is 3. The number of nitrogens with zero attached hydrogens (tertiary/aromatic N) is 1. The molecule has 0 N–H and O–H groups in total. The van der Waals surface area contributed by atoms with Gasteiger partial charge in [-0.25, -0.2) is 0 Å². The van der Waals surface area contributed by atoms with Crippen LogP contribution in [0, 0.1) is 0 Å². The highest BCUT2D eigenvalue weighted by molar-refractivity contribution is 6.64. The summed E-state index contributed by atoms with van der Waals surface area (Å²) in [6.45, 7) is 2.66. The molecule has 0 heterocycles. The monoisotopic (exact) mass is 295 g/mol. The van der Waals surface area contributed by atoms with Crippen molar-refractivity contribution >= 4 is 46.4 Å². The zero-order valence-corrected chi connectivity index (χ0v) is 11.8. The molecule has 0 bridgehead atoms. The van der Waals surface area contributed by atoms with E-state index in [0.29, 0.717) is 6.54 Å². The molecule has 0 aromatic carbocycles. The summed E-state index contributed by atoms with van der Waals surface area (Å²) in [4.78, 5) is 25.1. The third-order valence-electron chi connectivity index (χ3n) is 2.44. The lowest BCUT2D eigenvalue weighted by molar-refractivity contribution is -0.116. The molecule has 0 fully saturated rings. The smallest absolute Gasteiger partial charge is 0.223 e. The summed E-state index contributed by atoms with van der Waals surface area (Å²) in [7, 11) is 1.70. The molecule has 3 nitrogen and oxygen atoms in total. The van der Waals surface area contributed by atoms with E-state index >= 15 is 0 Å². The number of carbonyl (C=O) groups is 2. The zero-order chi connectivity index (χ0) is 13.2. The summed E-state index contributed by atoms with van der Waals surface area (Å²) in [5, 5.41) is -0.739. The molecule has 1 aliphatic carbocycles. The van der Waals surface area contributed by atoms with Crippen LogP contribution in [0.3, 0.4) is 0 Å². The summed E-state index contributed by atoms with van der Waals surface area (Å²) in [5.74, 6) is -1.10. The summed E-state index contributed by atoms with van der Waals surface area (Å²) >= 11 is 17.2. The number of allylic oxidation sites excluding steroid dienone is 3. The molecule has 0 aromatic rings. The minimum Gasteiger partial charge on any atom is -0.370 e. The molecule has 0 saturated heterocycles. The van der Waals surface area contributed by atoms with Crippen molar-refractivity contribution in [3.8, 4) is 0 Å². The van der Waals surface area contributed by atoms with Gasteiger partial charge in [-0.05, 0) is 6.42 Å². The largest absolute Gasteiger partial charge is 0.370 e. The highest BCUT2D eigenvalue weighted by Crippen LogP contribution is 2.32. The average Bonchev–Trinajstić information content (AvgIpc) is 2.31. The minimum atomic E-state index is -0.601. The van der Waals surface area contributed by atoms with Gasteiger partial charge in [0.05, 0.1) is 0 Å². The van der Waals surface area contributed by atoms with E-state index in [0.717, 1.165) is 12.8 Å². The molecule has 94 valence electrons. The minimum absolute atomic E-state index is 0.125. The Bertz CT molecular complexity index is 426. The van der Waals surface area contributed by atoms with Gasteiger partial charge in [0.25, 0.3) is 0 Å². The number of hydrogen-bond donors (Lipinski definition) is 0. The number of likely N-dealkylation sites (N-methyl/N-ethyl adjacent to an activating group) is 1. The molecule has 1 aliphatic rings. The van der Waals surface area contributed by atoms with Crippen LogP contribution >= 0.6 is 34.8 Å². The quantitative estimate of drug-likeness (QED) is 0.748. The first-order chi connectivity index (χ1) is 7.91. The van der Waals surface area contributed by atoms with Crippen molar-refractivity contribution in [1.29, 1.82) is 0 Å². The lowest BCUT2D eigenvalue weighted by Crippen LogP contribution is -2.30. The molecule has 0 spiro atoms. The molecule has 17 heavy (non-hydrogen) atoms. The van der Waals surface area contributed by atoms with Gasteiger partial charge in [-0.1, -0.05) is 48.1 Å². The van der Waals surface area contributed by atoms with Crippen LogP contribution in [0.25, 0.3) is 0 Å². The molecule has 0 unspecified atom stereocenters. The van der Waals surface area contributed by atoms with Crippen molar-refractivity contribution in [1.82, 2.24) is 4.90 Å². The van der Waals surface area contributed by atoms with Gasteiger partial charge in [-0.15, -0.1) is 0 Å². The lowest BCUT2D eigenvalue weighted by Gasteiger charge is -2.24. The SMILES string of the molecule is CCCCN(C)C1=C(Cl)C(=O)C(Cl)=C(Cl)C1=O. The van der Waals surface area contributed by atoms with Gasteiger partial charge < -0.3 is 4.90 Å². The van der Waals surface area contributed by atoms with E-state index < -0.39 is 11.6 Å². The van der Waals surface area contributed by atoms with E-state index in [-0.39, 0.29) is 20.8 Å². The lowest BCUT2D eigenvalue weighted by atomic mass is 10.1. The Kier molecular flexibility index (Phi) is 5.04. The predicted molar refractivity (Wildman–Crippen MR) is 69.2 cm³/mol. The fourth-order valence-corrected chi connectivity index (χ4v) is 2.18. The molecule has 0 aromatic heterocycles. The highest BCUT2D eigenvalue weighted by atomic mass is 35.5. The van der Waals surface area contributed by atoms with Crippen molar-refractivity contribution in [2.75, 3.05) is 13.6 Å². The Morgan fingerprint density at radius 3 is 2.06 bits per heavy atom. The van der Waals surface area contributed by atoms with Crippen molar-refractivity contribution in [2.45, 2.75) is 19.8 Å². The van der Waals surface area contributed by atoms with Gasteiger partial charge in [0.15, 0.2) is 0 Å². The van der Waals surface area contributed by atoms with Crippen molar-refractivity contribution in [2.24, 2.45) is 0 Å². The van der Waals surface area contributed by atoms with Crippen LogP contribution in [0.5, 0.6) is 0 Å². The first-order valence-electron chi connectivity index (χ1n) is 5.17. The molecule has 6 heteroatoms. The Balaban J connectivity index is 3.06. The van der Waals surface area contributed by atoms with E-state index in [1.807, 2.05) is 6.92 Å². The Labute approximate surface area is 115 Å². The Morgan fingerprint density at radius 1 is 1.00 bits per heavy atom. The van der Waals surface area contributed by atoms with Gasteiger partial charge in [0, 0.05) is 13.6 Å². The van der Waals surface area contributed by atoms with Crippen LogP contribution in [-0.4, -0.2) is 30.1 Å². The number of unbranched alkanes of at least 4 members (excludes halogenated alkanes) is 1. The van der Waals surface area contributed by atoms with Crippen LogP contribution < -0.4 is 0 Å². The standard InChI is InChI=1S/C11H12Cl3NO2/c1-3-4-5-15(2)9-8(14)10(16)6(12)7(13)11(9)17/h3-5H2,1-2H3. The zero-order valence-electron chi connectivity index (χ0n) is 9.52. The number of rotatable bonds is 4. The highest BCUT2D eigenvalue weighted by Gasteiger charge is 2.34. The second kappa shape index (κ2) is 5.89. The number of Topliss-reactive ketones (excluding diaryl/α,β-unsaturated/α-hetero) is 2. The van der Waals surface area contributed by atoms with Crippen molar-refractivity contribution in [3.63, 3.8) is 0 Å². The second-order valence-corrected chi connectivity index (χ2v) is 4.86. The van der Waals surface area contributed by atoms with Gasteiger partial charge in [-0.2, -0.15) is 0 Å². The first kappa shape index (κ1) is 14.6. The molecule has 0 atom stereocenters. The summed E-state index contributed by atoms with van der Waals surface area (Å²) < 4.78 is 0. The fourth-order valence-electron chi connectivity index (χ4n) is 1.45. The van der Waals surface area contributed by atoms with Gasteiger partial charge >= 0.3 is 0 Å². The van der Waals surface area contributed by atoms with E-state index in [4.69, 9.17) is 34.8 Å². The predicted octanol–water partition coefficient (Wildman–Crippen LogP) is 3.01. The molecule has 0 aliphatic heterocycles. The van der Waals surface area contributed by atoms with Crippen LogP contribution in [0.1, 0.15) is 19.8 Å². The third-order valence-corrected chi connectivity index (χ3v) is 3.61. The van der Waals surface area contributed by atoms with Gasteiger partial charge in [0.1, 0.15) is 20.8 Å². The summed E-state index contributed by atoms with van der Waals surface area (Å²) in [6.07, 6.45) is 1.86. The van der Waals surface area contributed by atoms with Crippen LogP contribution in [0.2, 0.25) is 0 Å². The second-order valence-electron chi connectivity index (χ2n) is 3.72. The number of hydrogen-bond acceptors (Lipinski definition) is 3. The Hall–Kier alpha value is -0.510. The summed E-state index contributed by atoms with van der Waals surface area (Å²) in [5.41, 5.74) is 0.125. The Morgan fingerprint density at radius 2 is 1.53 bits per heavy atom. The molecule has 0 saturated carbocycles. The van der Waals surface area contributed by atoms with E-state index in [9.17, 15) is 9.59 Å². The maximum Gasteiger partial charge on any atom is 0.223 e. The maximum atomic E-state index is 11.9. The maximum absolute atomic E-state index is 11.9. The van der Waals surface area contributed by atoms with E-state index in [2.05, 4.69) is 0 Å². The van der Waals surface area contributed by atoms with Crippen molar-refractivity contribution < 1.29 is 9.59 Å². The van der Waals surface area contributed by atoms with E-state index in [1.54, 1.807) is 11.9 Å². The summed E-state index contributed by atoms with van der Waals surface area (Å²) in [6, 6.07) is 0. The van der Waals surface area contributed by atoms with Gasteiger partial charge in [0.2, 0.25) is 11.6 Å². The van der Waals surface area contributed by atoms with Gasteiger partial charge in [-0.3, -0.25) is 9.59 Å². The molecule has 0 amide bonds. The third kappa shape index (κ3) is 2.84. The first-order valence-corrected chi connectivity index (χ1v) is 6.30.